The molecule has 1 aromatic heterocycles. The van der Waals surface area contributed by atoms with Gasteiger partial charge in [0.05, 0.1) is 21.8 Å². The van der Waals surface area contributed by atoms with Crippen molar-refractivity contribution in [3.05, 3.63) is 28.0 Å². The van der Waals surface area contributed by atoms with Gasteiger partial charge in [-0.2, -0.15) is 0 Å². The Balaban J connectivity index is 2.61. The summed E-state index contributed by atoms with van der Waals surface area (Å²) >= 11 is 11.6. The number of aliphatic hydroxyl groups excluding tert-OH is 1. The lowest BCUT2D eigenvalue weighted by Gasteiger charge is -2.11. The van der Waals surface area contributed by atoms with E-state index < -0.39 is 6.10 Å². The standard InChI is InChI=1S/C10H13Cl2NO2/c1-15-4-2-3-9(14)10-8(12)5-7(11)6-13-10/h5-6,9,14H,2-4H2,1H3. The molecule has 5 heteroatoms. The van der Waals surface area contributed by atoms with Gasteiger partial charge in [-0.3, -0.25) is 4.98 Å². The van der Waals surface area contributed by atoms with Crippen LogP contribution in [0.3, 0.4) is 0 Å². The van der Waals surface area contributed by atoms with Crippen molar-refractivity contribution >= 4 is 23.2 Å². The molecule has 0 aromatic carbocycles. The molecule has 1 aromatic rings. The molecule has 0 fully saturated rings. The topological polar surface area (TPSA) is 42.4 Å². The highest BCUT2D eigenvalue weighted by Crippen LogP contribution is 2.26. The summed E-state index contributed by atoms with van der Waals surface area (Å²) in [7, 11) is 1.62. The van der Waals surface area contributed by atoms with Crippen LogP contribution < -0.4 is 0 Å². The van der Waals surface area contributed by atoms with Crippen molar-refractivity contribution < 1.29 is 9.84 Å². The third-order valence-electron chi connectivity index (χ3n) is 1.98. The van der Waals surface area contributed by atoms with Crippen LogP contribution in [-0.2, 0) is 4.74 Å². The first-order chi connectivity index (χ1) is 7.15. The fourth-order valence-electron chi connectivity index (χ4n) is 1.23. The Morgan fingerprint density at radius 2 is 2.27 bits per heavy atom. The van der Waals surface area contributed by atoms with Gasteiger partial charge in [0.25, 0.3) is 0 Å². The van der Waals surface area contributed by atoms with Crippen LogP contribution in [0.4, 0.5) is 0 Å². The molecule has 0 aliphatic rings. The van der Waals surface area contributed by atoms with Crippen LogP contribution >= 0.6 is 23.2 Å². The molecule has 0 radical (unpaired) electrons. The Hall–Kier alpha value is -0.350. The molecule has 1 rings (SSSR count). The molecular weight excluding hydrogens is 237 g/mol. The first-order valence-corrected chi connectivity index (χ1v) is 5.38. The molecule has 1 atom stereocenters. The summed E-state index contributed by atoms with van der Waals surface area (Å²) < 4.78 is 4.89. The molecule has 15 heavy (non-hydrogen) atoms. The van der Waals surface area contributed by atoms with Crippen molar-refractivity contribution in [1.82, 2.24) is 4.98 Å². The molecule has 0 aliphatic heterocycles. The number of rotatable bonds is 5. The molecule has 1 heterocycles. The molecule has 0 aliphatic carbocycles. The van der Waals surface area contributed by atoms with Gasteiger partial charge in [-0.15, -0.1) is 0 Å². The van der Waals surface area contributed by atoms with Crippen LogP contribution in [-0.4, -0.2) is 23.8 Å². The van der Waals surface area contributed by atoms with Crippen LogP contribution in [0.25, 0.3) is 0 Å². The summed E-state index contributed by atoms with van der Waals surface area (Å²) in [5.74, 6) is 0. The minimum Gasteiger partial charge on any atom is -0.387 e. The van der Waals surface area contributed by atoms with Gasteiger partial charge in [0.1, 0.15) is 0 Å². The highest BCUT2D eigenvalue weighted by molar-refractivity contribution is 6.34. The van der Waals surface area contributed by atoms with Crippen molar-refractivity contribution in [3.63, 3.8) is 0 Å². The van der Waals surface area contributed by atoms with Crippen molar-refractivity contribution in [3.8, 4) is 0 Å². The van der Waals surface area contributed by atoms with E-state index in [9.17, 15) is 5.11 Å². The van der Waals surface area contributed by atoms with Crippen molar-refractivity contribution in [2.45, 2.75) is 18.9 Å². The summed E-state index contributed by atoms with van der Waals surface area (Å²) in [6, 6.07) is 1.57. The van der Waals surface area contributed by atoms with Gasteiger partial charge >= 0.3 is 0 Å². The molecule has 0 bridgehead atoms. The second-order valence-electron chi connectivity index (χ2n) is 3.17. The van der Waals surface area contributed by atoms with Crippen LogP contribution in [0.2, 0.25) is 10.0 Å². The van der Waals surface area contributed by atoms with E-state index in [0.29, 0.717) is 28.8 Å². The first-order valence-electron chi connectivity index (χ1n) is 4.63. The number of pyridine rings is 1. The SMILES string of the molecule is COCCCC(O)c1ncc(Cl)cc1Cl. The van der Waals surface area contributed by atoms with Gasteiger partial charge in [-0.05, 0) is 18.9 Å². The van der Waals surface area contributed by atoms with Crippen molar-refractivity contribution in [2.75, 3.05) is 13.7 Å². The summed E-state index contributed by atoms with van der Waals surface area (Å²) in [4.78, 5) is 4.00. The normalized spacial score (nSPS) is 12.8. The van der Waals surface area contributed by atoms with Crippen LogP contribution in [0.1, 0.15) is 24.6 Å². The van der Waals surface area contributed by atoms with Gasteiger partial charge in [0.15, 0.2) is 0 Å². The number of nitrogens with zero attached hydrogens (tertiary/aromatic N) is 1. The molecule has 0 spiro atoms. The molecule has 1 N–H and O–H groups in total. The first kappa shape index (κ1) is 12.7. The van der Waals surface area contributed by atoms with Crippen LogP contribution in [0.5, 0.6) is 0 Å². The Morgan fingerprint density at radius 1 is 1.53 bits per heavy atom. The Morgan fingerprint density at radius 3 is 2.87 bits per heavy atom. The average molecular weight is 250 g/mol. The van der Waals surface area contributed by atoms with Gasteiger partial charge in [-0.25, -0.2) is 0 Å². The largest absolute Gasteiger partial charge is 0.387 e. The van der Waals surface area contributed by atoms with Gasteiger partial charge < -0.3 is 9.84 Å². The zero-order valence-electron chi connectivity index (χ0n) is 8.41. The maximum atomic E-state index is 9.77. The smallest absolute Gasteiger partial charge is 0.0975 e. The average Bonchev–Trinajstić information content (AvgIpc) is 2.17. The van der Waals surface area contributed by atoms with Crippen LogP contribution in [0, 0.1) is 0 Å². The second-order valence-corrected chi connectivity index (χ2v) is 4.02. The maximum Gasteiger partial charge on any atom is 0.0975 e. The third-order valence-corrected chi connectivity index (χ3v) is 2.49. The van der Waals surface area contributed by atoms with Gasteiger partial charge in [0, 0.05) is 19.9 Å². The van der Waals surface area contributed by atoms with E-state index in [0.717, 1.165) is 6.42 Å². The number of methoxy groups -OCH3 is 1. The Labute approximate surface area is 99.0 Å². The van der Waals surface area contributed by atoms with Crippen molar-refractivity contribution in [2.24, 2.45) is 0 Å². The van der Waals surface area contributed by atoms with Gasteiger partial charge in [0.2, 0.25) is 0 Å². The van der Waals surface area contributed by atoms with Gasteiger partial charge in [-0.1, -0.05) is 23.2 Å². The minimum absolute atomic E-state index is 0.396. The molecule has 1 unspecified atom stereocenters. The molecule has 0 saturated carbocycles. The summed E-state index contributed by atoms with van der Waals surface area (Å²) in [6.07, 6.45) is 2.15. The predicted molar refractivity (Wildman–Crippen MR) is 60.3 cm³/mol. The van der Waals surface area contributed by atoms with E-state index in [1.54, 1.807) is 13.2 Å². The maximum absolute atomic E-state index is 9.77. The van der Waals surface area contributed by atoms with Crippen LogP contribution in [0.15, 0.2) is 12.3 Å². The van der Waals surface area contributed by atoms with E-state index in [-0.39, 0.29) is 0 Å². The zero-order chi connectivity index (χ0) is 11.3. The Bertz CT molecular complexity index is 320. The predicted octanol–water partition coefficient (Wildman–Crippen LogP) is 2.85. The van der Waals surface area contributed by atoms with E-state index >= 15 is 0 Å². The quantitative estimate of drug-likeness (QED) is 0.817. The summed E-state index contributed by atoms with van der Waals surface area (Å²) in [5.41, 5.74) is 0.470. The lowest BCUT2D eigenvalue weighted by molar-refractivity contribution is 0.133. The fraction of sp³-hybridized carbons (Fsp3) is 0.500. The van der Waals surface area contributed by atoms with E-state index in [2.05, 4.69) is 4.98 Å². The molecule has 0 saturated heterocycles. The Kier molecular flexibility index (Phi) is 5.32. The lowest BCUT2D eigenvalue weighted by Crippen LogP contribution is -2.03. The number of hydrogen-bond donors (Lipinski definition) is 1. The monoisotopic (exact) mass is 249 g/mol. The summed E-state index contributed by atoms with van der Waals surface area (Å²) in [6.45, 7) is 0.613. The lowest BCUT2D eigenvalue weighted by atomic mass is 10.1. The number of ether oxygens (including phenoxy) is 1. The number of hydrogen-bond acceptors (Lipinski definition) is 3. The second kappa shape index (κ2) is 6.28. The summed E-state index contributed by atoms with van der Waals surface area (Å²) in [5, 5.41) is 10.6. The third kappa shape index (κ3) is 3.95. The highest BCUT2D eigenvalue weighted by atomic mass is 35.5. The number of aromatic nitrogens is 1. The van der Waals surface area contributed by atoms with E-state index in [1.165, 1.54) is 6.20 Å². The van der Waals surface area contributed by atoms with E-state index in [4.69, 9.17) is 27.9 Å². The molecule has 3 nitrogen and oxygen atoms in total. The zero-order valence-corrected chi connectivity index (χ0v) is 9.92. The highest BCUT2D eigenvalue weighted by Gasteiger charge is 2.13. The molecule has 84 valence electrons. The number of halogens is 2. The fourth-order valence-corrected chi connectivity index (χ4v) is 1.73. The van der Waals surface area contributed by atoms with Crippen molar-refractivity contribution in [1.29, 1.82) is 0 Å². The number of aliphatic hydroxyl groups is 1. The molecular formula is C10H13Cl2NO2. The minimum atomic E-state index is -0.662. The van der Waals surface area contributed by atoms with E-state index in [1.807, 2.05) is 0 Å². The molecule has 0 amide bonds.